The molecule has 0 saturated carbocycles. The fourth-order valence-electron chi connectivity index (χ4n) is 9.56. The van der Waals surface area contributed by atoms with Crippen LogP contribution >= 0.6 is 11.3 Å². The van der Waals surface area contributed by atoms with Crippen LogP contribution in [0.25, 0.3) is 93.1 Å². The van der Waals surface area contributed by atoms with E-state index < -0.39 is 0 Å². The molecule has 6 heterocycles. The molecular weight excluding hydrogens is 781 g/mol. The Balaban J connectivity index is 0.00000193. The average Bonchev–Trinajstić information content (AvgIpc) is 4.17. The van der Waals surface area contributed by atoms with Crippen LogP contribution in [-0.4, -0.2) is 29.6 Å². The van der Waals surface area contributed by atoms with E-state index in [1.54, 1.807) is 11.3 Å². The van der Waals surface area contributed by atoms with Crippen molar-refractivity contribution in [3.8, 4) is 39.1 Å². The first-order chi connectivity index (χ1) is 30.7. The number of benzene rings is 8. The molecular formula is C53H38N8S. The zero-order chi connectivity index (χ0) is 41.1. The molecule has 8 nitrogen and oxygen atoms in total. The van der Waals surface area contributed by atoms with E-state index in [2.05, 4.69) is 199 Å². The van der Waals surface area contributed by atoms with Crippen LogP contribution in [0.1, 0.15) is 13.8 Å². The minimum atomic E-state index is 0.0387. The van der Waals surface area contributed by atoms with Gasteiger partial charge in [0.05, 0.1) is 71.8 Å². The Morgan fingerprint density at radius 3 is 1.76 bits per heavy atom. The molecule has 0 spiro atoms. The molecule has 0 aliphatic carbocycles. The highest BCUT2D eigenvalue weighted by atomic mass is 32.1. The van der Waals surface area contributed by atoms with Gasteiger partial charge in [0.1, 0.15) is 0 Å². The van der Waals surface area contributed by atoms with E-state index in [1.165, 1.54) is 43.9 Å². The number of rotatable bonds is 4. The number of nitrogens with one attached hydrogen (secondary N) is 2. The van der Waals surface area contributed by atoms with Gasteiger partial charge in [-0.3, -0.25) is 18.3 Å². The van der Waals surface area contributed by atoms with E-state index in [0.29, 0.717) is 0 Å². The molecule has 0 saturated heterocycles. The smallest absolute Gasteiger partial charge is 0.220 e. The molecule has 0 fully saturated rings. The highest BCUT2D eigenvalue weighted by Gasteiger charge is 2.36. The molecule has 8 aromatic carbocycles. The summed E-state index contributed by atoms with van der Waals surface area (Å²) in [6, 6.07) is 63.3. The lowest BCUT2D eigenvalue weighted by molar-refractivity contribution is 0.902. The number of nitrogens with zero attached hydrogens (tertiary/aromatic N) is 6. The van der Waals surface area contributed by atoms with Gasteiger partial charge in [-0.05, 0) is 112 Å². The van der Waals surface area contributed by atoms with Crippen molar-refractivity contribution in [2.75, 3.05) is 15.5 Å². The fourth-order valence-corrected chi connectivity index (χ4v) is 10.6. The molecule has 0 bridgehead atoms. The van der Waals surface area contributed by atoms with E-state index in [4.69, 9.17) is 9.97 Å². The zero-order valence-corrected chi connectivity index (χ0v) is 34.7. The van der Waals surface area contributed by atoms with E-state index in [-0.39, 0.29) is 6.29 Å². The maximum absolute atomic E-state index is 5.20. The third-order valence-electron chi connectivity index (χ3n) is 12.4. The van der Waals surface area contributed by atoms with Crippen LogP contribution in [0.4, 0.5) is 22.7 Å². The lowest BCUT2D eigenvalue weighted by Gasteiger charge is -2.18. The molecule has 2 aliphatic rings. The van der Waals surface area contributed by atoms with Gasteiger partial charge in [0.25, 0.3) is 0 Å². The van der Waals surface area contributed by atoms with Gasteiger partial charge in [-0.15, -0.1) is 0 Å². The van der Waals surface area contributed by atoms with Crippen LogP contribution in [-0.2, 0) is 0 Å². The van der Waals surface area contributed by atoms with Gasteiger partial charge in [0.15, 0.2) is 11.3 Å². The van der Waals surface area contributed by atoms with Gasteiger partial charge in [-0.2, -0.15) is 0 Å². The summed E-state index contributed by atoms with van der Waals surface area (Å²) in [6.45, 7) is 4.00. The Morgan fingerprint density at radius 1 is 0.452 bits per heavy atom. The Labute approximate surface area is 360 Å². The largest absolute Gasteiger partial charge is 0.346 e. The lowest BCUT2D eigenvalue weighted by Crippen LogP contribution is -2.32. The maximum atomic E-state index is 5.20. The fraction of sp³-hybridized carbons (Fsp3) is 0.0566. The van der Waals surface area contributed by atoms with Crippen LogP contribution in [0.3, 0.4) is 0 Å². The number of hydrogen-bond donors (Lipinski definition) is 2. The number of anilines is 4. The summed E-state index contributed by atoms with van der Waals surface area (Å²) in [5.41, 5.74) is 20.5. The second-order valence-electron chi connectivity index (χ2n) is 15.7. The quantitative estimate of drug-likeness (QED) is 0.185. The summed E-state index contributed by atoms with van der Waals surface area (Å²) in [6.07, 6.45) is 0.0387. The van der Waals surface area contributed by atoms with E-state index in [1.807, 2.05) is 19.9 Å². The first kappa shape index (κ1) is 34.9. The summed E-state index contributed by atoms with van der Waals surface area (Å²) in [7, 11) is 0. The Kier molecular flexibility index (Phi) is 7.50. The minimum absolute atomic E-state index is 0.0387. The number of aromatic nitrogens is 5. The predicted octanol–water partition coefficient (Wildman–Crippen LogP) is 13.7. The molecule has 296 valence electrons. The molecule has 2 aliphatic heterocycles. The Hall–Kier alpha value is -7.88. The number of thiazole rings is 1. The van der Waals surface area contributed by atoms with E-state index in [0.717, 1.165) is 72.0 Å². The molecule has 12 aromatic rings. The molecule has 9 heteroatoms. The van der Waals surface area contributed by atoms with Crippen LogP contribution in [0.5, 0.6) is 0 Å². The van der Waals surface area contributed by atoms with Crippen molar-refractivity contribution in [3.05, 3.63) is 176 Å². The normalized spacial score (nSPS) is 14.0. The molecule has 2 N–H and O–H groups in total. The Bertz CT molecular complexity index is 3740. The van der Waals surface area contributed by atoms with Gasteiger partial charge in [-0.25, -0.2) is 9.97 Å². The second-order valence-corrected chi connectivity index (χ2v) is 16.7. The molecule has 1 atom stereocenters. The van der Waals surface area contributed by atoms with Gasteiger partial charge >= 0.3 is 0 Å². The summed E-state index contributed by atoms with van der Waals surface area (Å²) in [5.74, 6) is 0.896. The van der Waals surface area contributed by atoms with Gasteiger partial charge < -0.3 is 10.6 Å². The third kappa shape index (κ3) is 5.06. The number of imidazole rings is 3. The van der Waals surface area contributed by atoms with E-state index in [9.17, 15) is 0 Å². The molecule has 0 amide bonds. The lowest BCUT2D eigenvalue weighted by atomic mass is 9.97. The molecule has 0 radical (unpaired) electrons. The molecule has 14 rings (SSSR count). The number of hydrogen-bond acceptors (Lipinski definition) is 6. The van der Waals surface area contributed by atoms with Gasteiger partial charge in [-0.1, -0.05) is 122 Å². The molecule has 62 heavy (non-hydrogen) atoms. The maximum Gasteiger partial charge on any atom is 0.220 e. The molecule has 4 aromatic heterocycles. The Morgan fingerprint density at radius 2 is 1.02 bits per heavy atom. The first-order valence-corrected chi connectivity index (χ1v) is 22.0. The number of fused-ring (bicyclic) bond motifs is 15. The van der Waals surface area contributed by atoms with Crippen molar-refractivity contribution in [1.82, 2.24) is 23.3 Å². The molecule has 1 unspecified atom stereocenters. The van der Waals surface area contributed by atoms with Crippen molar-refractivity contribution in [3.63, 3.8) is 0 Å². The summed E-state index contributed by atoms with van der Waals surface area (Å²) < 4.78 is 8.06. The first-order valence-electron chi connectivity index (χ1n) is 21.2. The number of para-hydroxylation sites is 6. The summed E-state index contributed by atoms with van der Waals surface area (Å²) in [5, 5.41) is 7.21. The van der Waals surface area contributed by atoms with Gasteiger partial charge in [0.2, 0.25) is 5.78 Å². The van der Waals surface area contributed by atoms with Crippen LogP contribution in [0.2, 0.25) is 0 Å². The van der Waals surface area contributed by atoms with Crippen molar-refractivity contribution in [1.29, 1.82) is 0 Å². The van der Waals surface area contributed by atoms with Crippen LogP contribution in [0.15, 0.2) is 176 Å². The second kappa shape index (κ2) is 13.3. The summed E-state index contributed by atoms with van der Waals surface area (Å²) >= 11 is 1.72. The predicted molar refractivity (Wildman–Crippen MR) is 258 cm³/mol. The standard InChI is InChI=1S/C51H32N8S.C2H6/c1-4-10-41-37(7-1)52-49-53-40-24-21-34(27-46(40)57(41)49)32-17-13-30(14-18-32)31-15-19-33(20-16-31)35-22-25-44-47(28-35)58-42-11-5-2-8-38(42)54-50(58)56(44)36-23-26-45-48(29-36)60-51-55-39-9-3-6-12-43(39)59(45)51;1-2/h1-29,49,52-53H;1-2H3. The van der Waals surface area contributed by atoms with Crippen LogP contribution < -0.4 is 15.5 Å². The minimum Gasteiger partial charge on any atom is -0.346 e. The average molecular weight is 819 g/mol. The van der Waals surface area contributed by atoms with Crippen molar-refractivity contribution in [2.24, 2.45) is 0 Å². The highest BCUT2D eigenvalue weighted by Crippen LogP contribution is 2.48. The monoisotopic (exact) mass is 818 g/mol. The summed E-state index contributed by atoms with van der Waals surface area (Å²) in [4.78, 5) is 13.5. The topological polar surface area (TPSA) is 66.8 Å². The zero-order valence-electron chi connectivity index (χ0n) is 33.9. The van der Waals surface area contributed by atoms with Crippen LogP contribution in [0, 0.1) is 0 Å². The van der Waals surface area contributed by atoms with Crippen molar-refractivity contribution < 1.29 is 0 Å². The SMILES string of the molecule is CC.c1ccc2c(c1)NC1Nc3ccc(-c4ccc(-c5ccc(-c6ccc7c(c6)n6c8ccccc8nc6n7-c6ccc7c(c6)sc6nc8ccccc8n67)cc5)cc4)cc3N21. The van der Waals surface area contributed by atoms with Crippen molar-refractivity contribution >= 4 is 88.1 Å². The third-order valence-corrected chi connectivity index (χ3v) is 13.4. The van der Waals surface area contributed by atoms with Crippen molar-refractivity contribution in [2.45, 2.75) is 20.1 Å². The van der Waals surface area contributed by atoms with Gasteiger partial charge in [0, 0.05) is 0 Å². The highest BCUT2D eigenvalue weighted by molar-refractivity contribution is 7.23. The van der Waals surface area contributed by atoms with E-state index >= 15 is 0 Å².